The van der Waals surface area contributed by atoms with Gasteiger partial charge in [0.25, 0.3) is 0 Å². The highest BCUT2D eigenvalue weighted by atomic mass is 15.3. The number of nitrogens with zero attached hydrogens (tertiary/aromatic N) is 6. The lowest BCUT2D eigenvalue weighted by atomic mass is 9.98. The minimum absolute atomic E-state index is 0.702. The van der Waals surface area contributed by atoms with Crippen molar-refractivity contribution in [3.8, 4) is 6.07 Å². The van der Waals surface area contributed by atoms with E-state index in [9.17, 15) is 5.26 Å². The Labute approximate surface area is 195 Å². The van der Waals surface area contributed by atoms with Crippen molar-refractivity contribution in [2.24, 2.45) is 0 Å². The quantitative estimate of drug-likeness (QED) is 0.391. The second-order valence-electron chi connectivity index (χ2n) is 8.79. The second kappa shape index (κ2) is 9.11. The first kappa shape index (κ1) is 21.3. The van der Waals surface area contributed by atoms with Crippen molar-refractivity contribution in [3.63, 3.8) is 0 Å². The van der Waals surface area contributed by atoms with E-state index in [1.807, 2.05) is 30.5 Å². The molecule has 33 heavy (non-hydrogen) atoms. The number of benzene rings is 1. The van der Waals surface area contributed by atoms with Crippen LogP contribution in [-0.2, 0) is 6.42 Å². The summed E-state index contributed by atoms with van der Waals surface area (Å²) >= 11 is 0. The van der Waals surface area contributed by atoms with Gasteiger partial charge in [-0.3, -0.25) is 4.40 Å². The van der Waals surface area contributed by atoms with Gasteiger partial charge in [0.05, 0.1) is 16.6 Å². The van der Waals surface area contributed by atoms with Crippen molar-refractivity contribution in [1.82, 2.24) is 14.4 Å². The maximum atomic E-state index is 10.1. The molecule has 0 unspecified atom stereocenters. The van der Waals surface area contributed by atoms with Gasteiger partial charge < -0.3 is 9.80 Å². The van der Waals surface area contributed by atoms with Crippen LogP contribution in [0, 0.1) is 18.3 Å². The zero-order valence-corrected chi connectivity index (χ0v) is 19.5. The number of hydrogen-bond donors (Lipinski definition) is 0. The lowest BCUT2D eigenvalue weighted by Crippen LogP contribution is -2.47. The fourth-order valence-corrected chi connectivity index (χ4v) is 5.03. The molecule has 0 N–H and O–H groups in total. The van der Waals surface area contributed by atoms with E-state index in [4.69, 9.17) is 4.98 Å². The molecule has 0 bridgehead atoms. The molecule has 5 rings (SSSR count). The first-order valence-corrected chi connectivity index (χ1v) is 12.0. The third-order valence-electron chi connectivity index (χ3n) is 6.79. The summed E-state index contributed by atoms with van der Waals surface area (Å²) in [5, 5.41) is 10.1. The molecular formula is C27H30N6. The highest BCUT2D eigenvalue weighted by Crippen LogP contribution is 2.35. The summed E-state index contributed by atoms with van der Waals surface area (Å²) in [5.74, 6) is 2.25. The van der Waals surface area contributed by atoms with Crippen LogP contribution in [0.1, 0.15) is 42.9 Å². The minimum Gasteiger partial charge on any atom is -0.354 e. The first-order chi connectivity index (χ1) is 16.2. The number of piperazine rings is 1. The molecule has 4 heterocycles. The van der Waals surface area contributed by atoms with Crippen molar-refractivity contribution < 1.29 is 0 Å². The lowest BCUT2D eigenvalue weighted by Gasteiger charge is -2.38. The summed E-state index contributed by atoms with van der Waals surface area (Å²) in [6.45, 7) is 7.98. The predicted molar refractivity (Wildman–Crippen MR) is 134 cm³/mol. The Kier molecular flexibility index (Phi) is 5.87. The van der Waals surface area contributed by atoms with Crippen molar-refractivity contribution >= 4 is 28.3 Å². The number of para-hydroxylation sites is 2. The molecule has 0 atom stereocenters. The van der Waals surface area contributed by atoms with Crippen LogP contribution in [0.5, 0.6) is 0 Å². The standard InChI is InChI=1S/C27H30N6/c1-3-4-5-10-21-20(2)22(19-28)26-30-23-11-6-7-12-24(23)33(26)27(21)32-17-15-31(16-18-32)25-13-8-9-14-29-25/h6-9,11-14H,3-5,10,15-18H2,1-2H3. The van der Waals surface area contributed by atoms with E-state index in [0.29, 0.717) is 5.56 Å². The fraction of sp³-hybridized carbons (Fsp3) is 0.370. The van der Waals surface area contributed by atoms with Crippen LogP contribution in [0.4, 0.5) is 11.6 Å². The Morgan fingerprint density at radius 3 is 2.45 bits per heavy atom. The van der Waals surface area contributed by atoms with Crippen LogP contribution in [0.2, 0.25) is 0 Å². The van der Waals surface area contributed by atoms with Crippen LogP contribution in [-0.4, -0.2) is 40.5 Å². The number of anilines is 2. The first-order valence-electron chi connectivity index (χ1n) is 12.0. The molecular weight excluding hydrogens is 408 g/mol. The smallest absolute Gasteiger partial charge is 0.157 e. The van der Waals surface area contributed by atoms with E-state index in [0.717, 1.165) is 67.1 Å². The molecule has 6 nitrogen and oxygen atoms in total. The van der Waals surface area contributed by atoms with Gasteiger partial charge in [-0.2, -0.15) is 5.26 Å². The molecule has 168 valence electrons. The molecule has 6 heteroatoms. The van der Waals surface area contributed by atoms with Crippen molar-refractivity contribution in [3.05, 3.63) is 65.4 Å². The molecule has 0 amide bonds. The number of nitriles is 1. The van der Waals surface area contributed by atoms with E-state index in [1.165, 1.54) is 24.2 Å². The summed E-state index contributed by atoms with van der Waals surface area (Å²) in [6, 6.07) is 16.8. The normalized spacial score (nSPS) is 14.2. The number of hydrogen-bond acceptors (Lipinski definition) is 5. The van der Waals surface area contributed by atoms with Gasteiger partial charge in [-0.15, -0.1) is 0 Å². The molecule has 0 saturated carbocycles. The maximum absolute atomic E-state index is 10.1. The topological polar surface area (TPSA) is 60.5 Å². The van der Waals surface area contributed by atoms with Crippen LogP contribution in [0.25, 0.3) is 16.7 Å². The number of aromatic nitrogens is 3. The Hall–Kier alpha value is -3.59. The SMILES string of the molecule is CCCCCc1c(C)c(C#N)c2nc3ccccc3n2c1N1CCN(c2ccccn2)CC1. The summed E-state index contributed by atoms with van der Waals surface area (Å²) in [4.78, 5) is 14.3. The summed E-state index contributed by atoms with van der Waals surface area (Å²) in [6.07, 6.45) is 6.34. The van der Waals surface area contributed by atoms with Gasteiger partial charge in [0.15, 0.2) is 5.65 Å². The van der Waals surface area contributed by atoms with Crippen LogP contribution in [0.15, 0.2) is 48.7 Å². The number of rotatable bonds is 6. The van der Waals surface area contributed by atoms with Gasteiger partial charge in [0.1, 0.15) is 17.7 Å². The molecule has 4 aromatic rings. The summed E-state index contributed by atoms with van der Waals surface area (Å²) in [5.41, 5.74) is 5.86. The number of unbranched alkanes of at least 4 members (excludes halogenated alkanes) is 2. The zero-order chi connectivity index (χ0) is 22.8. The molecule has 0 spiro atoms. The Bertz CT molecular complexity index is 1310. The van der Waals surface area contributed by atoms with E-state index in [1.54, 1.807) is 0 Å². The largest absolute Gasteiger partial charge is 0.354 e. The second-order valence-corrected chi connectivity index (χ2v) is 8.79. The van der Waals surface area contributed by atoms with Crippen LogP contribution >= 0.6 is 0 Å². The molecule has 3 aromatic heterocycles. The lowest BCUT2D eigenvalue weighted by molar-refractivity contribution is 0.633. The molecule has 0 aliphatic carbocycles. The number of pyridine rings is 2. The summed E-state index contributed by atoms with van der Waals surface area (Å²) < 4.78 is 2.25. The maximum Gasteiger partial charge on any atom is 0.157 e. The van der Waals surface area contributed by atoms with Gasteiger partial charge in [-0.1, -0.05) is 38.0 Å². The third kappa shape index (κ3) is 3.78. The highest BCUT2D eigenvalue weighted by Gasteiger charge is 2.27. The van der Waals surface area contributed by atoms with Gasteiger partial charge in [0, 0.05) is 32.4 Å². The monoisotopic (exact) mass is 438 g/mol. The van der Waals surface area contributed by atoms with Crippen molar-refractivity contribution in [1.29, 1.82) is 5.26 Å². The molecule has 0 radical (unpaired) electrons. The number of imidazole rings is 1. The van der Waals surface area contributed by atoms with Crippen LogP contribution < -0.4 is 9.80 Å². The van der Waals surface area contributed by atoms with Crippen molar-refractivity contribution in [2.45, 2.75) is 39.5 Å². The molecule has 1 aliphatic rings. The average molecular weight is 439 g/mol. The number of fused-ring (bicyclic) bond motifs is 3. The van der Waals surface area contributed by atoms with Crippen molar-refractivity contribution in [2.75, 3.05) is 36.0 Å². The van der Waals surface area contributed by atoms with Crippen LogP contribution in [0.3, 0.4) is 0 Å². The molecule has 1 aromatic carbocycles. The Morgan fingerprint density at radius 1 is 0.970 bits per heavy atom. The summed E-state index contributed by atoms with van der Waals surface area (Å²) in [7, 11) is 0. The predicted octanol–water partition coefficient (Wildman–Crippen LogP) is 5.12. The van der Waals surface area contributed by atoms with E-state index in [-0.39, 0.29) is 0 Å². The Balaban J connectivity index is 1.63. The molecule has 1 saturated heterocycles. The van der Waals surface area contributed by atoms with E-state index < -0.39 is 0 Å². The van der Waals surface area contributed by atoms with Gasteiger partial charge in [-0.05, 0) is 55.2 Å². The Morgan fingerprint density at radius 2 is 1.73 bits per heavy atom. The van der Waals surface area contributed by atoms with Gasteiger partial charge in [-0.25, -0.2) is 9.97 Å². The van der Waals surface area contributed by atoms with E-state index in [2.05, 4.69) is 57.3 Å². The van der Waals surface area contributed by atoms with E-state index >= 15 is 0 Å². The third-order valence-corrected chi connectivity index (χ3v) is 6.79. The average Bonchev–Trinajstić information content (AvgIpc) is 3.24. The fourth-order valence-electron chi connectivity index (χ4n) is 5.03. The highest BCUT2D eigenvalue weighted by molar-refractivity contribution is 5.86. The van der Waals surface area contributed by atoms with Gasteiger partial charge in [0.2, 0.25) is 0 Å². The molecule has 1 fully saturated rings. The minimum atomic E-state index is 0.702. The van der Waals surface area contributed by atoms with Gasteiger partial charge >= 0.3 is 0 Å². The molecule has 1 aliphatic heterocycles. The zero-order valence-electron chi connectivity index (χ0n) is 19.5.